The molecule has 1 saturated heterocycles. The summed E-state index contributed by atoms with van der Waals surface area (Å²) in [6.45, 7) is 0.320. The first kappa shape index (κ1) is 22.6. The van der Waals surface area contributed by atoms with E-state index < -0.39 is 17.7 Å². The molecule has 31 heavy (non-hydrogen) atoms. The predicted octanol–water partition coefficient (Wildman–Crippen LogP) is 3.24. The maximum absolute atomic E-state index is 13.0. The molecule has 1 aliphatic rings. The van der Waals surface area contributed by atoms with Crippen LogP contribution in [0.25, 0.3) is 5.76 Å². The molecule has 2 N–H and O–H groups in total. The monoisotopic (exact) mass is 491 g/mol. The van der Waals surface area contributed by atoms with E-state index in [1.807, 2.05) is 0 Å². The summed E-state index contributed by atoms with van der Waals surface area (Å²) in [6.07, 6.45) is 0. The Labute approximate surface area is 187 Å². The van der Waals surface area contributed by atoms with Crippen LogP contribution in [0.4, 0.5) is 0 Å². The SMILES string of the molecule is COCCN1C(=O)C(=O)C(=C(O)c2cccc(OC)c2)C1c1cc(Br)c(O)c(OC)c1. The average molecular weight is 492 g/mol. The van der Waals surface area contributed by atoms with Crippen molar-refractivity contribution in [2.24, 2.45) is 0 Å². The van der Waals surface area contributed by atoms with Crippen LogP contribution in [0, 0.1) is 0 Å². The van der Waals surface area contributed by atoms with Crippen LogP contribution in [0.3, 0.4) is 0 Å². The number of carbonyl (C=O) groups excluding carboxylic acids is 2. The van der Waals surface area contributed by atoms with E-state index in [4.69, 9.17) is 14.2 Å². The van der Waals surface area contributed by atoms with Crippen LogP contribution < -0.4 is 9.47 Å². The molecule has 1 amide bonds. The van der Waals surface area contributed by atoms with Crippen molar-refractivity contribution in [1.29, 1.82) is 0 Å². The van der Waals surface area contributed by atoms with Gasteiger partial charge in [0.2, 0.25) is 0 Å². The molecule has 2 aromatic carbocycles. The predicted molar refractivity (Wildman–Crippen MR) is 116 cm³/mol. The number of carbonyl (C=O) groups is 2. The number of likely N-dealkylation sites (tertiary alicyclic amines) is 1. The van der Waals surface area contributed by atoms with Gasteiger partial charge in [-0.2, -0.15) is 0 Å². The molecular formula is C22H22BrNO7. The van der Waals surface area contributed by atoms with Gasteiger partial charge in [0.15, 0.2) is 11.5 Å². The third-order valence-corrected chi connectivity index (χ3v) is 5.61. The number of phenols is 1. The highest BCUT2D eigenvalue weighted by atomic mass is 79.9. The van der Waals surface area contributed by atoms with Gasteiger partial charge in [-0.05, 0) is 45.8 Å². The van der Waals surface area contributed by atoms with Crippen molar-refractivity contribution >= 4 is 33.4 Å². The Morgan fingerprint density at radius 2 is 1.87 bits per heavy atom. The molecule has 0 radical (unpaired) electrons. The number of nitrogens with zero attached hydrogens (tertiary/aromatic N) is 1. The fraction of sp³-hybridized carbons (Fsp3) is 0.273. The van der Waals surface area contributed by atoms with E-state index in [1.165, 1.54) is 32.3 Å². The zero-order chi connectivity index (χ0) is 22.7. The smallest absolute Gasteiger partial charge is 0.295 e. The molecule has 164 valence electrons. The first-order chi connectivity index (χ1) is 14.8. The fourth-order valence-electron chi connectivity index (χ4n) is 3.48. The van der Waals surface area contributed by atoms with Gasteiger partial charge in [-0.3, -0.25) is 9.59 Å². The molecule has 0 bridgehead atoms. The van der Waals surface area contributed by atoms with Gasteiger partial charge in [-0.25, -0.2) is 0 Å². The third-order valence-electron chi connectivity index (χ3n) is 5.01. The van der Waals surface area contributed by atoms with Gasteiger partial charge in [0.05, 0.1) is 36.9 Å². The minimum atomic E-state index is -0.910. The second-order valence-electron chi connectivity index (χ2n) is 6.77. The minimum absolute atomic E-state index is 0.0750. The number of ether oxygens (including phenoxy) is 3. The van der Waals surface area contributed by atoms with Crippen molar-refractivity contribution < 1.29 is 34.0 Å². The van der Waals surface area contributed by atoms with Gasteiger partial charge in [0, 0.05) is 19.2 Å². The molecule has 8 nitrogen and oxygen atoms in total. The lowest BCUT2D eigenvalue weighted by molar-refractivity contribution is -0.140. The first-order valence-electron chi connectivity index (χ1n) is 9.32. The molecule has 0 saturated carbocycles. The largest absolute Gasteiger partial charge is 0.507 e. The number of rotatable bonds is 7. The summed E-state index contributed by atoms with van der Waals surface area (Å²) in [6, 6.07) is 8.75. The summed E-state index contributed by atoms with van der Waals surface area (Å²) in [5.74, 6) is -1.37. The number of ketones is 1. The number of aromatic hydroxyl groups is 1. The van der Waals surface area contributed by atoms with Crippen molar-refractivity contribution in [1.82, 2.24) is 4.90 Å². The molecule has 0 aliphatic carbocycles. The van der Waals surface area contributed by atoms with E-state index in [2.05, 4.69) is 15.9 Å². The zero-order valence-corrected chi connectivity index (χ0v) is 18.8. The highest BCUT2D eigenvalue weighted by molar-refractivity contribution is 9.10. The van der Waals surface area contributed by atoms with E-state index in [9.17, 15) is 19.8 Å². The van der Waals surface area contributed by atoms with Crippen LogP contribution in [0.5, 0.6) is 17.2 Å². The van der Waals surface area contributed by atoms with Gasteiger partial charge < -0.3 is 29.3 Å². The van der Waals surface area contributed by atoms with E-state index in [0.29, 0.717) is 21.3 Å². The molecule has 1 heterocycles. The minimum Gasteiger partial charge on any atom is -0.507 e. The maximum Gasteiger partial charge on any atom is 0.295 e. The summed E-state index contributed by atoms with van der Waals surface area (Å²) in [5, 5.41) is 21.2. The molecular weight excluding hydrogens is 470 g/mol. The van der Waals surface area contributed by atoms with Crippen LogP contribution in [0.1, 0.15) is 17.2 Å². The molecule has 0 aromatic heterocycles. The second kappa shape index (κ2) is 9.40. The van der Waals surface area contributed by atoms with E-state index in [-0.39, 0.29) is 36.0 Å². The highest BCUT2D eigenvalue weighted by Gasteiger charge is 2.46. The van der Waals surface area contributed by atoms with Crippen LogP contribution in [0.15, 0.2) is 46.4 Å². The molecule has 2 aromatic rings. The lowest BCUT2D eigenvalue weighted by Crippen LogP contribution is -2.32. The lowest BCUT2D eigenvalue weighted by atomic mass is 9.95. The molecule has 1 fully saturated rings. The normalized spacial score (nSPS) is 17.8. The zero-order valence-electron chi connectivity index (χ0n) is 17.2. The maximum atomic E-state index is 13.0. The first-order valence-corrected chi connectivity index (χ1v) is 10.1. The number of amides is 1. The van der Waals surface area contributed by atoms with E-state index >= 15 is 0 Å². The summed E-state index contributed by atoms with van der Waals surface area (Å²) < 4.78 is 15.8. The Balaban J connectivity index is 2.23. The van der Waals surface area contributed by atoms with Crippen LogP contribution in [0.2, 0.25) is 0 Å². The van der Waals surface area contributed by atoms with Gasteiger partial charge in [0.25, 0.3) is 11.7 Å². The van der Waals surface area contributed by atoms with Gasteiger partial charge >= 0.3 is 0 Å². The molecule has 1 unspecified atom stereocenters. The summed E-state index contributed by atoms with van der Waals surface area (Å²) in [4.78, 5) is 27.1. The highest BCUT2D eigenvalue weighted by Crippen LogP contribution is 2.44. The Morgan fingerprint density at radius 3 is 2.52 bits per heavy atom. The number of hydrogen-bond acceptors (Lipinski definition) is 7. The van der Waals surface area contributed by atoms with Crippen molar-refractivity contribution in [3.05, 3.63) is 57.6 Å². The van der Waals surface area contributed by atoms with Crippen molar-refractivity contribution in [3.8, 4) is 17.2 Å². The van der Waals surface area contributed by atoms with Crippen molar-refractivity contribution in [2.75, 3.05) is 34.5 Å². The number of halogens is 1. The standard InChI is InChI=1S/C22H22BrNO7/c1-29-8-7-24-18(13-10-15(23)20(26)16(11-13)31-3)17(21(27)22(24)28)19(25)12-5-4-6-14(9-12)30-2/h4-6,9-11,18,25-26H,7-8H2,1-3H3. The number of benzene rings is 2. The Hall–Kier alpha value is -3.04. The number of hydrogen-bond donors (Lipinski definition) is 2. The van der Waals surface area contributed by atoms with Crippen LogP contribution in [-0.2, 0) is 14.3 Å². The number of phenolic OH excluding ortho intramolecular Hbond substituents is 1. The topological polar surface area (TPSA) is 106 Å². The summed E-state index contributed by atoms with van der Waals surface area (Å²) >= 11 is 3.27. The fourth-order valence-corrected chi connectivity index (χ4v) is 3.94. The van der Waals surface area contributed by atoms with E-state index in [1.54, 1.807) is 30.3 Å². The molecule has 9 heteroatoms. The Kier molecular flexibility index (Phi) is 6.87. The van der Waals surface area contributed by atoms with Gasteiger partial charge in [-0.15, -0.1) is 0 Å². The number of aliphatic hydroxyl groups excluding tert-OH is 1. The van der Waals surface area contributed by atoms with Crippen LogP contribution >= 0.6 is 15.9 Å². The second-order valence-corrected chi connectivity index (χ2v) is 7.63. The molecule has 0 spiro atoms. The number of Topliss-reactive ketones (excluding diaryl/α,β-unsaturated/α-hetero) is 1. The lowest BCUT2D eigenvalue weighted by Gasteiger charge is -2.25. The van der Waals surface area contributed by atoms with Gasteiger partial charge in [0.1, 0.15) is 11.5 Å². The number of methoxy groups -OCH3 is 3. The van der Waals surface area contributed by atoms with Crippen molar-refractivity contribution in [2.45, 2.75) is 6.04 Å². The molecule has 1 atom stereocenters. The van der Waals surface area contributed by atoms with Crippen LogP contribution in [-0.4, -0.2) is 61.3 Å². The summed E-state index contributed by atoms with van der Waals surface area (Å²) in [5.41, 5.74) is 0.731. The summed E-state index contributed by atoms with van der Waals surface area (Å²) in [7, 11) is 4.37. The quantitative estimate of drug-likeness (QED) is 0.347. The Morgan fingerprint density at radius 1 is 1.13 bits per heavy atom. The number of aliphatic hydroxyl groups is 1. The van der Waals surface area contributed by atoms with E-state index in [0.717, 1.165) is 0 Å². The molecule has 1 aliphatic heterocycles. The Bertz CT molecular complexity index is 1050. The third kappa shape index (κ3) is 4.24. The van der Waals surface area contributed by atoms with Gasteiger partial charge in [-0.1, -0.05) is 12.1 Å². The van der Waals surface area contributed by atoms with Crippen molar-refractivity contribution in [3.63, 3.8) is 0 Å². The average Bonchev–Trinajstić information content (AvgIpc) is 3.03. The molecule has 3 rings (SSSR count).